The average Bonchev–Trinajstić information content (AvgIpc) is 2.91. The second-order valence-corrected chi connectivity index (χ2v) is 13.8. The van der Waals surface area contributed by atoms with Gasteiger partial charge >= 0.3 is 0 Å². The Kier molecular flexibility index (Phi) is 11.2. The lowest BCUT2D eigenvalue weighted by atomic mass is 10.0. The van der Waals surface area contributed by atoms with Crippen LogP contribution in [0.15, 0.2) is 82.2 Å². The fourth-order valence-electron chi connectivity index (χ4n) is 4.52. The summed E-state index contributed by atoms with van der Waals surface area (Å²) in [5.74, 6) is -0.212. The van der Waals surface area contributed by atoms with Crippen molar-refractivity contribution < 1.29 is 22.7 Å². The van der Waals surface area contributed by atoms with Crippen LogP contribution < -0.4 is 14.4 Å². The molecule has 0 aliphatic rings. The Morgan fingerprint density at radius 3 is 2.17 bits per heavy atom. The van der Waals surface area contributed by atoms with Crippen LogP contribution in [0, 0.1) is 6.92 Å². The summed E-state index contributed by atoms with van der Waals surface area (Å²) in [6.07, 6.45) is 0.349. The number of amides is 2. The normalized spacial score (nSPS) is 12.4. The first-order valence-corrected chi connectivity index (χ1v) is 16.2. The second kappa shape index (κ2) is 14.2. The van der Waals surface area contributed by atoms with Gasteiger partial charge in [0.15, 0.2) is 0 Å². The van der Waals surface area contributed by atoms with E-state index < -0.39 is 34.1 Å². The van der Waals surface area contributed by atoms with Crippen molar-refractivity contribution in [1.29, 1.82) is 0 Å². The highest BCUT2D eigenvalue weighted by Crippen LogP contribution is 2.28. The minimum Gasteiger partial charge on any atom is -0.494 e. The third kappa shape index (κ3) is 8.82. The maximum Gasteiger partial charge on any atom is 0.264 e. The fourth-order valence-corrected chi connectivity index (χ4v) is 6.20. The van der Waals surface area contributed by atoms with Crippen molar-refractivity contribution in [3.63, 3.8) is 0 Å². The lowest BCUT2D eigenvalue weighted by Gasteiger charge is -2.35. The van der Waals surface area contributed by atoms with E-state index in [0.717, 1.165) is 19.9 Å². The fraction of sp³-hybridized carbons (Fsp3) is 0.375. The van der Waals surface area contributed by atoms with Gasteiger partial charge in [0.25, 0.3) is 10.0 Å². The molecule has 0 fully saturated rings. The first kappa shape index (κ1) is 33.1. The summed E-state index contributed by atoms with van der Waals surface area (Å²) in [4.78, 5) is 29.2. The zero-order valence-corrected chi connectivity index (χ0v) is 27.5. The van der Waals surface area contributed by atoms with E-state index in [0.29, 0.717) is 24.5 Å². The number of ether oxygens (including phenoxy) is 1. The average molecular weight is 659 g/mol. The van der Waals surface area contributed by atoms with Crippen molar-refractivity contribution in [3.8, 4) is 5.75 Å². The predicted octanol–water partition coefficient (Wildman–Crippen LogP) is 6.07. The van der Waals surface area contributed by atoms with Crippen LogP contribution in [0.5, 0.6) is 5.75 Å². The molecule has 3 aromatic rings. The number of anilines is 1. The molecular formula is C32H40BrN3O5S. The number of hydrogen-bond donors (Lipinski definition) is 1. The van der Waals surface area contributed by atoms with Gasteiger partial charge in [0, 0.05) is 16.6 Å². The van der Waals surface area contributed by atoms with Crippen molar-refractivity contribution in [3.05, 3.63) is 88.4 Å². The number of carbonyl (C=O) groups excluding carboxylic acids is 2. The molecule has 10 heteroatoms. The van der Waals surface area contributed by atoms with Gasteiger partial charge in [-0.05, 0) is 95.1 Å². The van der Waals surface area contributed by atoms with Gasteiger partial charge in [0.2, 0.25) is 11.8 Å². The van der Waals surface area contributed by atoms with E-state index in [9.17, 15) is 18.0 Å². The van der Waals surface area contributed by atoms with E-state index in [1.807, 2.05) is 65.8 Å². The largest absolute Gasteiger partial charge is 0.494 e. The highest BCUT2D eigenvalue weighted by atomic mass is 79.9. The highest BCUT2D eigenvalue weighted by molar-refractivity contribution is 9.10. The van der Waals surface area contributed by atoms with Crippen molar-refractivity contribution in [2.75, 3.05) is 17.5 Å². The summed E-state index contributed by atoms with van der Waals surface area (Å²) in [5, 5.41) is 2.98. The van der Waals surface area contributed by atoms with Gasteiger partial charge in [-0.2, -0.15) is 0 Å². The van der Waals surface area contributed by atoms with Gasteiger partial charge < -0.3 is 15.0 Å². The lowest BCUT2D eigenvalue weighted by Crippen LogP contribution is -2.55. The van der Waals surface area contributed by atoms with E-state index in [1.54, 1.807) is 36.4 Å². The quantitative estimate of drug-likeness (QED) is 0.255. The molecule has 42 heavy (non-hydrogen) atoms. The van der Waals surface area contributed by atoms with Gasteiger partial charge in [-0.1, -0.05) is 52.7 Å². The van der Waals surface area contributed by atoms with Crippen LogP contribution in [0.3, 0.4) is 0 Å². The molecule has 0 saturated carbocycles. The molecule has 0 radical (unpaired) electrons. The molecule has 8 nitrogen and oxygen atoms in total. The Morgan fingerprint density at radius 1 is 0.976 bits per heavy atom. The van der Waals surface area contributed by atoms with Crippen LogP contribution in [-0.4, -0.2) is 49.9 Å². The Morgan fingerprint density at radius 2 is 1.62 bits per heavy atom. The Labute approximate surface area is 258 Å². The maximum atomic E-state index is 14.2. The van der Waals surface area contributed by atoms with Crippen LogP contribution >= 0.6 is 15.9 Å². The molecule has 1 N–H and O–H groups in total. The third-order valence-corrected chi connectivity index (χ3v) is 8.75. The Hall–Kier alpha value is -3.37. The minimum atomic E-state index is -4.16. The number of aryl methyl sites for hydroxylation is 1. The SMILES string of the molecule is CCOc1ccc(N(CC(=O)N(Cc2cccc(C)c2)[C@H](CC)C(=O)NC(C)(C)C)S(=O)(=O)c2ccc(Br)cc2)cc1. The standard InChI is InChI=1S/C32H40BrN3O5S/c1-7-29(31(38)34-32(4,5)6)35(21-24-11-9-10-23(3)20-24)30(37)22-36(26-14-16-27(17-15-26)41-8-2)42(39,40)28-18-12-25(33)13-19-28/h9-20,29H,7-8,21-22H2,1-6H3,(H,34,38)/t29-/m1/s1. The third-order valence-electron chi connectivity index (χ3n) is 6.44. The molecule has 0 saturated heterocycles. The van der Waals surface area contributed by atoms with Gasteiger partial charge in [-0.25, -0.2) is 8.42 Å². The number of halogens is 1. The number of benzene rings is 3. The molecule has 0 spiro atoms. The molecule has 226 valence electrons. The molecule has 1 atom stereocenters. The Bertz CT molecular complexity index is 1470. The number of carbonyl (C=O) groups is 2. The molecule has 0 aliphatic heterocycles. The smallest absolute Gasteiger partial charge is 0.264 e. The molecule has 0 aromatic heterocycles. The molecule has 3 aromatic carbocycles. The maximum absolute atomic E-state index is 14.2. The molecule has 0 aliphatic carbocycles. The number of rotatable bonds is 12. The van der Waals surface area contributed by atoms with E-state index in [1.165, 1.54) is 17.0 Å². The molecule has 3 rings (SSSR count). The Balaban J connectivity index is 2.08. The first-order chi connectivity index (χ1) is 19.7. The van der Waals surface area contributed by atoms with Crippen molar-refractivity contribution in [2.45, 2.75) is 71.0 Å². The number of nitrogens with zero attached hydrogens (tertiary/aromatic N) is 2. The predicted molar refractivity (Wildman–Crippen MR) is 170 cm³/mol. The van der Waals surface area contributed by atoms with Crippen LogP contribution in [0.25, 0.3) is 0 Å². The summed E-state index contributed by atoms with van der Waals surface area (Å²) in [6, 6.07) is 19.7. The van der Waals surface area contributed by atoms with Crippen molar-refractivity contribution in [2.24, 2.45) is 0 Å². The van der Waals surface area contributed by atoms with E-state index in [-0.39, 0.29) is 17.3 Å². The van der Waals surface area contributed by atoms with Crippen LogP contribution in [0.1, 0.15) is 52.2 Å². The zero-order chi connectivity index (χ0) is 31.1. The monoisotopic (exact) mass is 657 g/mol. The first-order valence-electron chi connectivity index (χ1n) is 13.9. The van der Waals surface area contributed by atoms with Crippen LogP contribution in [0.2, 0.25) is 0 Å². The summed E-state index contributed by atoms with van der Waals surface area (Å²) in [6.45, 7) is 11.4. The van der Waals surface area contributed by atoms with Crippen LogP contribution in [-0.2, 0) is 26.2 Å². The molecule has 2 amide bonds. The van der Waals surface area contributed by atoms with Crippen molar-refractivity contribution in [1.82, 2.24) is 10.2 Å². The highest BCUT2D eigenvalue weighted by Gasteiger charge is 2.34. The van der Waals surface area contributed by atoms with Gasteiger partial charge in [0.1, 0.15) is 18.3 Å². The van der Waals surface area contributed by atoms with Gasteiger partial charge in [0.05, 0.1) is 17.2 Å². The summed E-state index contributed by atoms with van der Waals surface area (Å²) < 4.78 is 35.4. The van der Waals surface area contributed by atoms with E-state index in [4.69, 9.17) is 4.74 Å². The van der Waals surface area contributed by atoms with E-state index >= 15 is 0 Å². The van der Waals surface area contributed by atoms with E-state index in [2.05, 4.69) is 21.2 Å². The number of hydrogen-bond acceptors (Lipinski definition) is 5. The lowest BCUT2D eigenvalue weighted by molar-refractivity contribution is -0.141. The summed E-state index contributed by atoms with van der Waals surface area (Å²) in [5.41, 5.74) is 1.65. The minimum absolute atomic E-state index is 0.0372. The van der Waals surface area contributed by atoms with Crippen molar-refractivity contribution >= 4 is 43.5 Å². The molecule has 0 bridgehead atoms. The molecule has 0 heterocycles. The number of nitrogens with one attached hydrogen (secondary N) is 1. The van der Waals surface area contributed by atoms with Gasteiger partial charge in [-0.15, -0.1) is 0 Å². The number of sulfonamides is 1. The summed E-state index contributed by atoms with van der Waals surface area (Å²) in [7, 11) is -4.16. The zero-order valence-electron chi connectivity index (χ0n) is 25.1. The summed E-state index contributed by atoms with van der Waals surface area (Å²) >= 11 is 3.35. The topological polar surface area (TPSA) is 96.0 Å². The van der Waals surface area contributed by atoms with Gasteiger partial charge in [-0.3, -0.25) is 13.9 Å². The molecular weight excluding hydrogens is 618 g/mol. The second-order valence-electron chi connectivity index (χ2n) is 11.1. The van der Waals surface area contributed by atoms with Crippen LogP contribution in [0.4, 0.5) is 5.69 Å². The molecule has 0 unspecified atom stereocenters.